The zero-order valence-corrected chi connectivity index (χ0v) is 105. The summed E-state index contributed by atoms with van der Waals surface area (Å²) < 4.78 is 139. The summed E-state index contributed by atoms with van der Waals surface area (Å²) in [5.41, 5.74) is 0. The fourth-order valence-electron chi connectivity index (χ4n) is 16.1. The van der Waals surface area contributed by atoms with Gasteiger partial charge in [-0.1, -0.05) is 400 Å². The molecule has 3 atom stereocenters. The molecular formula is C119H244O25Si5. The van der Waals surface area contributed by atoms with Crippen LogP contribution in [0.25, 0.3) is 0 Å². The summed E-state index contributed by atoms with van der Waals surface area (Å²) in [5.74, 6) is -0.787. The minimum absolute atomic E-state index is 0.323. The van der Waals surface area contributed by atoms with Gasteiger partial charge in [-0.25, -0.2) is 9.59 Å². The largest absolute Gasteiger partial charge is 0.501 e. The molecule has 0 bridgehead atoms. The molecule has 3 saturated heterocycles. The Bertz CT molecular complexity index is 2540. The van der Waals surface area contributed by atoms with Crippen molar-refractivity contribution in [1.29, 1.82) is 0 Å². The monoisotopic (exact) mass is 2210 g/mol. The summed E-state index contributed by atoms with van der Waals surface area (Å²) in [6, 6.07) is 3.93. The molecule has 3 aliphatic heterocycles. The van der Waals surface area contributed by atoms with E-state index in [9.17, 15) is 9.59 Å². The van der Waals surface area contributed by atoms with Gasteiger partial charge in [-0.3, -0.25) is 0 Å². The van der Waals surface area contributed by atoms with E-state index in [0.29, 0.717) is 116 Å². The van der Waals surface area contributed by atoms with E-state index in [1.807, 2.05) is 0 Å². The summed E-state index contributed by atoms with van der Waals surface area (Å²) in [7, 11) is -13.5. The Labute approximate surface area is 924 Å². The highest BCUT2D eigenvalue weighted by Gasteiger charge is 2.46. The van der Waals surface area contributed by atoms with E-state index in [4.69, 9.17) is 104 Å². The third kappa shape index (κ3) is 102. The third-order valence-electron chi connectivity index (χ3n) is 26.1. The van der Waals surface area contributed by atoms with Crippen molar-refractivity contribution < 1.29 is 114 Å². The smallest absolute Gasteiger partial charge is 0.463 e. The first-order valence-corrected chi connectivity index (χ1v) is 72.5. The maximum atomic E-state index is 11.2. The zero-order chi connectivity index (χ0) is 109. The standard InChI is InChI=1S/C30H62O5Si.C27H56O5Si.C24H50O5Si.C20H40O5Si.C18H36O5Si/c1-4-7-10-13-16-19-24-33-36(27-22-23-31-28-30-29-32-30,34-25-20-17-14-11-8-5-2)35-26-21-18-15-12-9-6-3;1-4-7-10-13-16-21-30-33(31-22-17-14-11-8-5-2,32-23-18-15-12-9-6-3)24-19-20-28-25-27-26-29-27;1-4-7-10-13-18-27-30(28-19-14-11-8-5-2,29-20-15-12-9-6-3)21-16-17-25-22-24-23-26-24;1-5-9-12-17-24-26(23-16-11-7-3,25-18-13-10-6-2)19-14-15-22-20(21)8-4;1-5-9-14-21-24(22-15-10-6-2,23-16-11-7-3)17-12-13-20-18(19)8-4/h30H,4-29H2,1-3H3;27H,4-26H2,1-3H3;24H,4-23H2,1-3H3;8H,4-7,9-19H2,1-3H3;8H,4-7,9-17H2,1-3H3. The van der Waals surface area contributed by atoms with Crippen molar-refractivity contribution in [2.75, 3.05) is 172 Å². The van der Waals surface area contributed by atoms with Gasteiger partial charge in [0.1, 0.15) is 18.3 Å². The number of ether oxygens (including phenoxy) is 8. The van der Waals surface area contributed by atoms with Gasteiger partial charge in [0, 0.05) is 161 Å². The lowest BCUT2D eigenvalue weighted by molar-refractivity contribution is -0.138. The fraction of sp³-hybridized carbons (Fsp3) is 0.950. The number of unbranched alkanes of at least 4 members (excludes halogenated alkanes) is 44. The SMILES string of the molecule is C=CC(=O)OCCC[Si](OCCCC)(OCCCC)OCCCC.C=CC(=O)OCCC[Si](OCCCC)(OCCCCC)OCCCCC.CCCCCCCCO[Si](CCCOCC1CO1)(OCCCCCCCC)OCCCCCCCC.CCCCCCCO[Si](CCCOCC1CO1)(OCCCCCCC)OCCCCCCC.CCCCCCO[Si](CCCOCC1CO1)(OCCCCCC)OCCCCCC. The molecule has 3 heterocycles. The van der Waals surface area contributed by atoms with Crippen LogP contribution in [0.4, 0.5) is 0 Å². The average molecular weight is 2220 g/mol. The van der Waals surface area contributed by atoms with Gasteiger partial charge < -0.3 is 104 Å². The second kappa shape index (κ2) is 116. The summed E-state index contributed by atoms with van der Waals surface area (Å²) in [6.07, 6.45) is 78.4. The lowest BCUT2D eigenvalue weighted by Crippen LogP contribution is -2.47. The van der Waals surface area contributed by atoms with Crippen molar-refractivity contribution >= 4 is 56.0 Å². The zero-order valence-electron chi connectivity index (χ0n) is 100. The van der Waals surface area contributed by atoms with Crippen LogP contribution in [0.5, 0.6) is 0 Å². The Morgan fingerprint density at radius 1 is 0.188 bits per heavy atom. The maximum Gasteiger partial charge on any atom is 0.501 e. The van der Waals surface area contributed by atoms with Gasteiger partial charge in [0.25, 0.3) is 0 Å². The number of rotatable bonds is 117. The van der Waals surface area contributed by atoms with Crippen LogP contribution >= 0.6 is 0 Å². The van der Waals surface area contributed by atoms with Crippen molar-refractivity contribution in [3.05, 3.63) is 25.3 Å². The third-order valence-corrected chi connectivity index (χ3v) is 40.5. The van der Waals surface area contributed by atoms with Gasteiger partial charge in [-0.15, -0.1) is 0 Å². The first kappa shape index (κ1) is 150. The van der Waals surface area contributed by atoms with Gasteiger partial charge in [0.05, 0.1) is 52.9 Å². The van der Waals surface area contributed by atoms with E-state index in [1.165, 1.54) is 243 Å². The maximum absolute atomic E-state index is 11.2. The van der Waals surface area contributed by atoms with E-state index < -0.39 is 56.0 Å². The van der Waals surface area contributed by atoms with Crippen molar-refractivity contribution in [2.24, 2.45) is 0 Å². The van der Waals surface area contributed by atoms with Gasteiger partial charge >= 0.3 is 56.0 Å². The van der Waals surface area contributed by atoms with Gasteiger partial charge in [-0.2, -0.15) is 0 Å². The molecule has 0 aliphatic carbocycles. The molecule has 890 valence electrons. The Morgan fingerprint density at radius 2 is 0.315 bits per heavy atom. The minimum atomic E-state index is -2.73. The van der Waals surface area contributed by atoms with Crippen LogP contribution in [0.3, 0.4) is 0 Å². The normalized spacial score (nSPS) is 14.4. The molecule has 0 spiro atoms. The van der Waals surface area contributed by atoms with Crippen LogP contribution in [0, 0.1) is 0 Å². The van der Waals surface area contributed by atoms with Crippen molar-refractivity contribution in [3.8, 4) is 0 Å². The summed E-state index contributed by atoms with van der Waals surface area (Å²) >= 11 is 0. The molecule has 0 radical (unpaired) electrons. The average Bonchev–Trinajstić information content (AvgIpc) is 1.62. The van der Waals surface area contributed by atoms with Crippen LogP contribution in [0.15, 0.2) is 25.3 Å². The molecule has 25 nitrogen and oxygen atoms in total. The lowest BCUT2D eigenvalue weighted by Gasteiger charge is -2.30. The Hall–Kier alpha value is -1.34. The topological polar surface area (TPSA) is 256 Å². The van der Waals surface area contributed by atoms with E-state index in [0.717, 1.165) is 284 Å². The van der Waals surface area contributed by atoms with Gasteiger partial charge in [-0.05, 0) is 128 Å². The number of carbonyl (C=O) groups excluding carboxylic acids is 2. The Balaban J connectivity index is 0. The van der Waals surface area contributed by atoms with Gasteiger partial charge in [0.2, 0.25) is 0 Å². The molecule has 3 aliphatic rings. The number of hydrogen-bond donors (Lipinski definition) is 0. The number of hydrogen-bond acceptors (Lipinski definition) is 25. The van der Waals surface area contributed by atoms with Crippen LogP contribution in [-0.4, -0.2) is 246 Å². The molecule has 149 heavy (non-hydrogen) atoms. The first-order chi connectivity index (χ1) is 73.1. The summed E-state index contributed by atoms with van der Waals surface area (Å²) in [5, 5.41) is 0. The molecule has 3 fully saturated rings. The highest BCUT2D eigenvalue weighted by atomic mass is 28.4. The number of epoxide rings is 3. The summed E-state index contributed by atoms with van der Waals surface area (Å²) in [6.45, 7) is 58.4. The molecule has 3 rings (SSSR count). The van der Waals surface area contributed by atoms with E-state index in [1.54, 1.807) is 0 Å². The van der Waals surface area contributed by atoms with E-state index >= 15 is 0 Å². The van der Waals surface area contributed by atoms with Crippen LogP contribution in [0.2, 0.25) is 30.2 Å². The molecule has 0 aromatic carbocycles. The quantitative estimate of drug-likeness (QED) is 0.0180. The molecule has 0 saturated carbocycles. The second-order valence-corrected chi connectivity index (χ2v) is 54.7. The second-order valence-electron chi connectivity index (χ2n) is 41.1. The number of esters is 2. The Morgan fingerprint density at radius 3 is 0.470 bits per heavy atom. The molecule has 0 aromatic heterocycles. The predicted molar refractivity (Wildman–Crippen MR) is 627 cm³/mol. The van der Waals surface area contributed by atoms with Crippen LogP contribution in [0.1, 0.15) is 515 Å². The summed E-state index contributed by atoms with van der Waals surface area (Å²) in [4.78, 5) is 22.4. The molecule has 0 N–H and O–H groups in total. The van der Waals surface area contributed by atoms with Crippen LogP contribution < -0.4 is 0 Å². The molecule has 0 amide bonds. The molecule has 0 aromatic rings. The van der Waals surface area contributed by atoms with Crippen molar-refractivity contribution in [1.82, 2.24) is 0 Å². The van der Waals surface area contributed by atoms with Crippen molar-refractivity contribution in [2.45, 2.75) is 563 Å². The minimum Gasteiger partial charge on any atom is -0.463 e. The molecular weight excluding hydrogens is 1970 g/mol. The highest BCUT2D eigenvalue weighted by molar-refractivity contribution is 6.62. The van der Waals surface area contributed by atoms with E-state index in [-0.39, 0.29) is 0 Å². The highest BCUT2D eigenvalue weighted by Crippen LogP contribution is 2.30. The van der Waals surface area contributed by atoms with Gasteiger partial charge in [0.15, 0.2) is 0 Å². The van der Waals surface area contributed by atoms with Crippen molar-refractivity contribution in [3.63, 3.8) is 0 Å². The fourth-order valence-corrected chi connectivity index (χ4v) is 29.2. The predicted octanol–water partition coefficient (Wildman–Crippen LogP) is 32.8. The first-order valence-electron chi connectivity index (χ1n) is 62.8. The molecule has 30 heteroatoms. The van der Waals surface area contributed by atoms with Crippen LogP contribution in [-0.2, 0) is 114 Å². The Kier molecular flexibility index (Phi) is 117. The number of carbonyl (C=O) groups is 2. The molecule has 3 unspecified atom stereocenters. The van der Waals surface area contributed by atoms with E-state index in [2.05, 4.69) is 117 Å². The lowest BCUT2D eigenvalue weighted by atomic mass is 10.1.